The molecule has 0 spiro atoms. The van der Waals surface area contributed by atoms with Gasteiger partial charge in [0.25, 0.3) is 0 Å². The minimum absolute atomic E-state index is 0.133. The van der Waals surface area contributed by atoms with Gasteiger partial charge in [-0.2, -0.15) is 0 Å². The summed E-state index contributed by atoms with van der Waals surface area (Å²) >= 11 is 1.83. The Kier molecular flexibility index (Phi) is 2.76. The SMILES string of the molecule is CC1(C)CCCC(N)(c2cccc3ccsc23)C1. The molecule has 1 aromatic heterocycles. The van der Waals surface area contributed by atoms with Crippen LogP contribution in [-0.2, 0) is 5.54 Å². The molecule has 3 rings (SSSR count). The largest absolute Gasteiger partial charge is 0.321 e. The van der Waals surface area contributed by atoms with Gasteiger partial charge in [0.05, 0.1) is 0 Å². The zero-order valence-corrected chi connectivity index (χ0v) is 12.0. The molecule has 2 N–H and O–H groups in total. The third-order valence-corrected chi connectivity index (χ3v) is 5.25. The maximum Gasteiger partial charge on any atom is 0.0429 e. The van der Waals surface area contributed by atoms with Crippen molar-refractivity contribution in [2.45, 2.75) is 45.1 Å². The first-order valence-corrected chi connectivity index (χ1v) is 7.64. The monoisotopic (exact) mass is 259 g/mol. The summed E-state index contributed by atoms with van der Waals surface area (Å²) in [6, 6.07) is 8.77. The van der Waals surface area contributed by atoms with Gasteiger partial charge in [-0.05, 0) is 47.1 Å². The lowest BCUT2D eigenvalue weighted by Gasteiger charge is -2.43. The van der Waals surface area contributed by atoms with Crippen molar-refractivity contribution in [3.63, 3.8) is 0 Å². The van der Waals surface area contributed by atoms with Gasteiger partial charge < -0.3 is 5.73 Å². The lowest BCUT2D eigenvalue weighted by molar-refractivity contribution is 0.152. The van der Waals surface area contributed by atoms with Gasteiger partial charge in [-0.25, -0.2) is 0 Å². The Morgan fingerprint density at radius 3 is 2.78 bits per heavy atom. The number of rotatable bonds is 1. The third kappa shape index (κ3) is 1.98. The average molecular weight is 259 g/mol. The van der Waals surface area contributed by atoms with Gasteiger partial charge in [0.15, 0.2) is 0 Å². The predicted molar refractivity (Wildman–Crippen MR) is 79.9 cm³/mol. The van der Waals surface area contributed by atoms with Crippen LogP contribution < -0.4 is 5.73 Å². The zero-order valence-electron chi connectivity index (χ0n) is 11.2. The fourth-order valence-corrected chi connectivity index (χ4v) is 4.55. The number of hydrogen-bond acceptors (Lipinski definition) is 2. The Balaban J connectivity index is 2.10. The maximum absolute atomic E-state index is 6.79. The molecule has 0 bridgehead atoms. The first kappa shape index (κ1) is 12.2. The van der Waals surface area contributed by atoms with Crippen LogP contribution in [0.25, 0.3) is 10.1 Å². The lowest BCUT2D eigenvalue weighted by atomic mass is 9.66. The van der Waals surface area contributed by atoms with Crippen molar-refractivity contribution in [1.82, 2.24) is 0 Å². The molecule has 96 valence electrons. The zero-order chi connectivity index (χ0) is 12.8. The summed E-state index contributed by atoms with van der Waals surface area (Å²) < 4.78 is 1.39. The van der Waals surface area contributed by atoms with Gasteiger partial charge in [-0.15, -0.1) is 11.3 Å². The highest BCUT2D eigenvalue weighted by Gasteiger charge is 2.39. The Morgan fingerprint density at radius 2 is 2.00 bits per heavy atom. The summed E-state index contributed by atoms with van der Waals surface area (Å²) in [6.45, 7) is 4.70. The van der Waals surface area contributed by atoms with Crippen molar-refractivity contribution in [2.75, 3.05) is 0 Å². The smallest absolute Gasteiger partial charge is 0.0429 e. The molecule has 1 nitrogen and oxygen atoms in total. The second-order valence-corrected chi connectivity index (χ2v) is 7.41. The minimum Gasteiger partial charge on any atom is -0.321 e. The standard InChI is InChI=1S/C16H21NS/c1-15(2)8-4-9-16(17,11-15)13-6-3-5-12-7-10-18-14(12)13/h3,5-7,10H,4,8-9,11,17H2,1-2H3. The second kappa shape index (κ2) is 4.07. The van der Waals surface area contributed by atoms with Crippen LogP contribution in [0.1, 0.15) is 45.1 Å². The van der Waals surface area contributed by atoms with E-state index in [1.807, 2.05) is 11.3 Å². The van der Waals surface area contributed by atoms with E-state index in [2.05, 4.69) is 43.5 Å². The Bertz CT molecular complexity index is 569. The van der Waals surface area contributed by atoms with Gasteiger partial charge in [-0.3, -0.25) is 0 Å². The highest BCUT2D eigenvalue weighted by molar-refractivity contribution is 7.17. The molecule has 0 radical (unpaired) electrons. The molecule has 1 fully saturated rings. The van der Waals surface area contributed by atoms with E-state index in [9.17, 15) is 0 Å². The normalized spacial score (nSPS) is 27.5. The van der Waals surface area contributed by atoms with E-state index in [1.54, 1.807) is 0 Å². The molecule has 0 saturated heterocycles. The summed E-state index contributed by atoms with van der Waals surface area (Å²) in [4.78, 5) is 0. The minimum atomic E-state index is -0.133. The van der Waals surface area contributed by atoms with E-state index in [0.717, 1.165) is 12.8 Å². The van der Waals surface area contributed by atoms with Gasteiger partial charge >= 0.3 is 0 Å². The van der Waals surface area contributed by atoms with Crippen molar-refractivity contribution in [3.8, 4) is 0 Å². The van der Waals surface area contributed by atoms with Crippen LogP contribution in [0.4, 0.5) is 0 Å². The molecule has 18 heavy (non-hydrogen) atoms. The fraction of sp³-hybridized carbons (Fsp3) is 0.500. The van der Waals surface area contributed by atoms with Gasteiger partial charge in [0, 0.05) is 10.2 Å². The van der Waals surface area contributed by atoms with E-state index in [1.165, 1.54) is 28.5 Å². The highest BCUT2D eigenvalue weighted by Crippen LogP contribution is 2.46. The maximum atomic E-state index is 6.79. The summed E-state index contributed by atoms with van der Waals surface area (Å²) in [5.41, 5.74) is 8.39. The van der Waals surface area contributed by atoms with Crippen LogP contribution >= 0.6 is 11.3 Å². The fourth-order valence-electron chi connectivity index (χ4n) is 3.53. The summed E-state index contributed by atoms with van der Waals surface area (Å²) in [5.74, 6) is 0. The summed E-state index contributed by atoms with van der Waals surface area (Å²) in [5, 5.41) is 3.51. The molecule has 2 aromatic rings. The van der Waals surface area contributed by atoms with Crippen LogP contribution in [-0.4, -0.2) is 0 Å². The van der Waals surface area contributed by atoms with E-state index < -0.39 is 0 Å². The molecular weight excluding hydrogens is 238 g/mol. The van der Waals surface area contributed by atoms with Crippen molar-refractivity contribution in [2.24, 2.45) is 11.1 Å². The predicted octanol–water partition coefficient (Wildman–Crippen LogP) is 4.66. The van der Waals surface area contributed by atoms with Crippen LogP contribution in [0.2, 0.25) is 0 Å². The molecule has 1 aromatic carbocycles. The number of nitrogens with two attached hydrogens (primary N) is 1. The number of thiophene rings is 1. The third-order valence-electron chi connectivity index (χ3n) is 4.29. The average Bonchev–Trinajstić information content (AvgIpc) is 2.74. The van der Waals surface area contributed by atoms with E-state index in [-0.39, 0.29) is 5.54 Å². The van der Waals surface area contributed by atoms with Crippen LogP contribution in [0, 0.1) is 5.41 Å². The topological polar surface area (TPSA) is 26.0 Å². The van der Waals surface area contributed by atoms with Crippen molar-refractivity contribution in [3.05, 3.63) is 35.2 Å². The Morgan fingerprint density at radius 1 is 1.17 bits per heavy atom. The first-order valence-electron chi connectivity index (χ1n) is 6.76. The van der Waals surface area contributed by atoms with E-state index >= 15 is 0 Å². The summed E-state index contributed by atoms with van der Waals surface area (Å²) in [7, 11) is 0. The Hall–Kier alpha value is -0.860. The molecule has 2 heteroatoms. The van der Waals surface area contributed by atoms with E-state index in [4.69, 9.17) is 5.73 Å². The number of fused-ring (bicyclic) bond motifs is 1. The Labute approximate surface area is 113 Å². The van der Waals surface area contributed by atoms with Crippen molar-refractivity contribution >= 4 is 21.4 Å². The molecule has 1 atom stereocenters. The van der Waals surface area contributed by atoms with Crippen LogP contribution in [0.5, 0.6) is 0 Å². The van der Waals surface area contributed by atoms with Crippen LogP contribution in [0.3, 0.4) is 0 Å². The molecule has 1 aliphatic carbocycles. The molecule has 1 unspecified atom stereocenters. The van der Waals surface area contributed by atoms with Gasteiger partial charge in [0.1, 0.15) is 0 Å². The molecule has 1 saturated carbocycles. The number of hydrogen-bond donors (Lipinski definition) is 1. The summed E-state index contributed by atoms with van der Waals surface area (Å²) in [6.07, 6.45) is 4.75. The quantitative estimate of drug-likeness (QED) is 0.792. The first-order chi connectivity index (χ1) is 8.50. The van der Waals surface area contributed by atoms with E-state index in [0.29, 0.717) is 5.41 Å². The molecule has 0 amide bonds. The highest BCUT2D eigenvalue weighted by atomic mass is 32.1. The van der Waals surface area contributed by atoms with Crippen molar-refractivity contribution < 1.29 is 0 Å². The molecular formula is C16H21NS. The molecule has 1 aliphatic rings. The van der Waals surface area contributed by atoms with Gasteiger partial charge in [-0.1, -0.05) is 38.5 Å². The number of benzene rings is 1. The molecule has 0 aliphatic heterocycles. The lowest BCUT2D eigenvalue weighted by Crippen LogP contribution is -2.44. The van der Waals surface area contributed by atoms with Crippen LogP contribution in [0.15, 0.2) is 29.6 Å². The van der Waals surface area contributed by atoms with Crippen molar-refractivity contribution in [1.29, 1.82) is 0 Å². The molecule has 1 heterocycles. The van der Waals surface area contributed by atoms with Gasteiger partial charge in [0.2, 0.25) is 0 Å². The second-order valence-electron chi connectivity index (χ2n) is 6.50.